The van der Waals surface area contributed by atoms with E-state index in [-0.39, 0.29) is 36.1 Å². The van der Waals surface area contributed by atoms with Gasteiger partial charge in [-0.2, -0.15) is 0 Å². The van der Waals surface area contributed by atoms with E-state index in [1.807, 2.05) is 12.1 Å². The van der Waals surface area contributed by atoms with Gasteiger partial charge in [0, 0.05) is 30.4 Å². The Hall–Kier alpha value is -2.73. The molecule has 0 bridgehead atoms. The van der Waals surface area contributed by atoms with E-state index in [4.69, 9.17) is 0 Å². The van der Waals surface area contributed by atoms with E-state index in [1.54, 1.807) is 29.2 Å². The molecule has 28 heavy (non-hydrogen) atoms. The zero-order chi connectivity index (χ0) is 20.1. The largest absolute Gasteiger partial charge is 0.325 e. The number of rotatable bonds is 7. The van der Waals surface area contributed by atoms with E-state index in [2.05, 4.69) is 24.5 Å². The van der Waals surface area contributed by atoms with Gasteiger partial charge < -0.3 is 15.5 Å². The minimum atomic E-state index is -0.275. The molecule has 3 rings (SSSR count). The first-order chi connectivity index (χ1) is 13.4. The molecule has 2 N–H and O–H groups in total. The molecule has 0 spiro atoms. The van der Waals surface area contributed by atoms with Crippen LogP contribution in [0.1, 0.15) is 38.3 Å². The Balaban J connectivity index is 1.55. The molecule has 1 unspecified atom stereocenters. The first-order valence-electron chi connectivity index (χ1n) is 9.63. The van der Waals surface area contributed by atoms with E-state index < -0.39 is 0 Å². The average Bonchev–Trinajstić information content (AvgIpc) is 3.09. The molecule has 2 aromatic carbocycles. The second kappa shape index (κ2) is 8.97. The minimum Gasteiger partial charge on any atom is -0.325 e. The van der Waals surface area contributed by atoms with Crippen LogP contribution in [0, 0.1) is 11.7 Å². The molecule has 2 amide bonds. The standard InChI is InChI=1S/C22H26FN3O2/c1-15(2)22(16-5-7-17(23)8-6-16)24-14-20(27)25-18-9-11-19(12-10-18)26-13-3-4-21(26)28/h5-12,15,22,24H,3-4,13-14H2,1-2H3,(H,25,27). The van der Waals surface area contributed by atoms with Gasteiger partial charge in [0.05, 0.1) is 6.54 Å². The van der Waals surface area contributed by atoms with Gasteiger partial charge in [0.25, 0.3) is 0 Å². The van der Waals surface area contributed by atoms with Crippen molar-refractivity contribution in [1.29, 1.82) is 0 Å². The van der Waals surface area contributed by atoms with Crippen LogP contribution in [0.5, 0.6) is 0 Å². The summed E-state index contributed by atoms with van der Waals surface area (Å²) >= 11 is 0. The summed E-state index contributed by atoms with van der Waals surface area (Å²) in [5.74, 6) is -0.0436. The van der Waals surface area contributed by atoms with Gasteiger partial charge in [-0.1, -0.05) is 26.0 Å². The molecule has 1 aliphatic rings. The number of carbonyl (C=O) groups excluding carboxylic acids is 2. The lowest BCUT2D eigenvalue weighted by molar-refractivity contribution is -0.117. The van der Waals surface area contributed by atoms with Crippen LogP contribution < -0.4 is 15.5 Å². The van der Waals surface area contributed by atoms with E-state index in [1.165, 1.54) is 12.1 Å². The van der Waals surface area contributed by atoms with E-state index in [9.17, 15) is 14.0 Å². The number of nitrogens with zero attached hydrogens (tertiary/aromatic N) is 1. The summed E-state index contributed by atoms with van der Waals surface area (Å²) in [5.41, 5.74) is 2.49. The summed E-state index contributed by atoms with van der Waals surface area (Å²) in [4.78, 5) is 25.9. The Morgan fingerprint density at radius 3 is 2.36 bits per heavy atom. The number of nitrogens with one attached hydrogen (secondary N) is 2. The molecule has 1 fully saturated rings. The molecule has 0 aliphatic carbocycles. The second-order valence-electron chi connectivity index (χ2n) is 7.40. The smallest absolute Gasteiger partial charge is 0.238 e. The summed E-state index contributed by atoms with van der Waals surface area (Å²) in [5, 5.41) is 6.11. The molecule has 1 heterocycles. The topological polar surface area (TPSA) is 61.4 Å². The highest BCUT2D eigenvalue weighted by atomic mass is 19.1. The van der Waals surface area contributed by atoms with E-state index in [0.717, 1.165) is 24.2 Å². The zero-order valence-corrected chi connectivity index (χ0v) is 16.2. The van der Waals surface area contributed by atoms with Crippen molar-refractivity contribution in [1.82, 2.24) is 5.32 Å². The molecule has 1 atom stereocenters. The number of carbonyl (C=O) groups is 2. The zero-order valence-electron chi connectivity index (χ0n) is 16.2. The number of hydrogen-bond donors (Lipinski definition) is 2. The van der Waals surface area contributed by atoms with Crippen molar-refractivity contribution in [3.63, 3.8) is 0 Å². The molecular formula is C22H26FN3O2. The fourth-order valence-electron chi connectivity index (χ4n) is 3.46. The maximum Gasteiger partial charge on any atom is 0.238 e. The lowest BCUT2D eigenvalue weighted by Gasteiger charge is -2.23. The summed E-state index contributed by atoms with van der Waals surface area (Å²) < 4.78 is 13.1. The van der Waals surface area contributed by atoms with Gasteiger partial charge in [-0.15, -0.1) is 0 Å². The monoisotopic (exact) mass is 383 g/mol. The fourth-order valence-corrected chi connectivity index (χ4v) is 3.46. The molecular weight excluding hydrogens is 357 g/mol. The van der Waals surface area contributed by atoms with Crippen molar-refractivity contribution < 1.29 is 14.0 Å². The minimum absolute atomic E-state index is 0.0464. The third kappa shape index (κ3) is 4.95. The van der Waals surface area contributed by atoms with Crippen molar-refractivity contribution in [2.75, 3.05) is 23.3 Å². The Kier molecular flexibility index (Phi) is 6.41. The Bertz CT molecular complexity index is 819. The summed E-state index contributed by atoms with van der Waals surface area (Å²) in [6.07, 6.45) is 1.48. The van der Waals surface area contributed by atoms with Crippen molar-refractivity contribution >= 4 is 23.2 Å². The van der Waals surface area contributed by atoms with Gasteiger partial charge in [-0.25, -0.2) is 4.39 Å². The molecule has 5 nitrogen and oxygen atoms in total. The van der Waals surface area contributed by atoms with Crippen LogP contribution >= 0.6 is 0 Å². The summed E-state index contributed by atoms with van der Waals surface area (Å²) in [6, 6.07) is 13.6. The Morgan fingerprint density at radius 2 is 1.79 bits per heavy atom. The number of benzene rings is 2. The van der Waals surface area contributed by atoms with Crippen LogP contribution in [0.15, 0.2) is 48.5 Å². The van der Waals surface area contributed by atoms with Crippen LogP contribution in [0.3, 0.4) is 0 Å². The van der Waals surface area contributed by atoms with Crippen LogP contribution in [0.4, 0.5) is 15.8 Å². The van der Waals surface area contributed by atoms with Gasteiger partial charge in [0.2, 0.25) is 11.8 Å². The Labute approximate surface area is 164 Å². The SMILES string of the molecule is CC(C)C(NCC(=O)Nc1ccc(N2CCCC2=O)cc1)c1ccc(F)cc1. The number of halogens is 1. The maximum atomic E-state index is 13.1. The van der Waals surface area contributed by atoms with Gasteiger partial charge in [0.15, 0.2) is 0 Å². The van der Waals surface area contributed by atoms with Gasteiger partial charge in [0.1, 0.15) is 5.82 Å². The average molecular weight is 383 g/mol. The molecule has 1 aliphatic heterocycles. The first-order valence-corrected chi connectivity index (χ1v) is 9.63. The van der Waals surface area contributed by atoms with E-state index in [0.29, 0.717) is 12.1 Å². The van der Waals surface area contributed by atoms with Crippen molar-refractivity contribution in [2.45, 2.75) is 32.7 Å². The number of amides is 2. The number of hydrogen-bond acceptors (Lipinski definition) is 3. The predicted octanol–water partition coefficient (Wildman–Crippen LogP) is 3.88. The highest BCUT2D eigenvalue weighted by Gasteiger charge is 2.21. The van der Waals surface area contributed by atoms with Crippen LogP contribution in [0.25, 0.3) is 0 Å². The molecule has 2 aromatic rings. The van der Waals surface area contributed by atoms with E-state index >= 15 is 0 Å². The van der Waals surface area contributed by atoms with Crippen molar-refractivity contribution in [3.05, 3.63) is 59.9 Å². The lowest BCUT2D eigenvalue weighted by atomic mass is 9.96. The quantitative estimate of drug-likeness (QED) is 0.763. The number of anilines is 2. The van der Waals surface area contributed by atoms with Gasteiger partial charge in [-0.05, 0) is 54.3 Å². The van der Waals surface area contributed by atoms with Gasteiger partial charge in [-0.3, -0.25) is 9.59 Å². The van der Waals surface area contributed by atoms with Crippen LogP contribution in [-0.4, -0.2) is 24.9 Å². The summed E-state index contributed by atoms with van der Waals surface area (Å²) in [7, 11) is 0. The lowest BCUT2D eigenvalue weighted by Crippen LogP contribution is -2.33. The van der Waals surface area contributed by atoms with Crippen LogP contribution in [-0.2, 0) is 9.59 Å². The molecule has 148 valence electrons. The normalized spacial score (nSPS) is 15.1. The first kappa shape index (κ1) is 20.0. The Morgan fingerprint density at radius 1 is 1.11 bits per heavy atom. The highest BCUT2D eigenvalue weighted by molar-refractivity contribution is 5.96. The third-order valence-corrected chi connectivity index (χ3v) is 4.91. The molecule has 0 saturated carbocycles. The summed E-state index contributed by atoms with van der Waals surface area (Å²) in [6.45, 7) is 5.00. The molecule has 6 heteroatoms. The predicted molar refractivity (Wildman–Crippen MR) is 109 cm³/mol. The van der Waals surface area contributed by atoms with Gasteiger partial charge >= 0.3 is 0 Å². The van der Waals surface area contributed by atoms with Crippen molar-refractivity contribution in [3.8, 4) is 0 Å². The fraction of sp³-hybridized carbons (Fsp3) is 0.364. The maximum absolute atomic E-state index is 13.1. The third-order valence-electron chi connectivity index (χ3n) is 4.91. The van der Waals surface area contributed by atoms with Crippen molar-refractivity contribution in [2.24, 2.45) is 5.92 Å². The molecule has 0 aromatic heterocycles. The van der Waals surface area contributed by atoms with Crippen LogP contribution in [0.2, 0.25) is 0 Å². The molecule has 1 saturated heterocycles. The molecule has 0 radical (unpaired) electrons. The highest BCUT2D eigenvalue weighted by Crippen LogP contribution is 2.24. The second-order valence-corrected chi connectivity index (χ2v) is 7.40.